The number of aliphatic hydroxyl groups excluding tert-OH is 1. The number of anilines is 1. The number of aliphatic hydroxyl groups is 1. The molecule has 1 saturated heterocycles. The van der Waals surface area contributed by atoms with Crippen LogP contribution in [0.2, 0.25) is 0 Å². The molecule has 0 saturated carbocycles. The summed E-state index contributed by atoms with van der Waals surface area (Å²) in [6.07, 6.45) is 3.11. The van der Waals surface area contributed by atoms with E-state index in [9.17, 15) is 19.1 Å². The number of carbonyl (C=O) groups is 2. The van der Waals surface area contributed by atoms with Crippen LogP contribution in [0.25, 0.3) is 5.76 Å². The lowest BCUT2D eigenvalue weighted by molar-refractivity contribution is -0.132. The van der Waals surface area contributed by atoms with Gasteiger partial charge in [-0.25, -0.2) is 4.39 Å². The third kappa shape index (κ3) is 2.95. The van der Waals surface area contributed by atoms with Gasteiger partial charge in [0, 0.05) is 23.6 Å². The molecule has 5 nitrogen and oxygen atoms in total. The lowest BCUT2D eigenvalue weighted by atomic mass is 9.96. The van der Waals surface area contributed by atoms with Crippen LogP contribution < -0.4 is 4.90 Å². The van der Waals surface area contributed by atoms with Gasteiger partial charge in [0.1, 0.15) is 11.6 Å². The van der Waals surface area contributed by atoms with E-state index in [1.165, 1.54) is 29.2 Å². The molecule has 6 heteroatoms. The molecule has 1 fully saturated rings. The molecule has 1 aliphatic heterocycles. The van der Waals surface area contributed by atoms with Crippen molar-refractivity contribution in [2.75, 3.05) is 4.90 Å². The summed E-state index contributed by atoms with van der Waals surface area (Å²) >= 11 is 0. The summed E-state index contributed by atoms with van der Waals surface area (Å²) in [4.78, 5) is 31.0. The van der Waals surface area contributed by atoms with Gasteiger partial charge in [-0.1, -0.05) is 18.2 Å². The third-order valence-electron chi connectivity index (χ3n) is 4.62. The second-order valence-electron chi connectivity index (χ2n) is 6.29. The molecule has 1 atom stereocenters. The van der Waals surface area contributed by atoms with Crippen molar-refractivity contribution in [3.05, 3.63) is 102 Å². The molecule has 0 bridgehead atoms. The van der Waals surface area contributed by atoms with Gasteiger partial charge in [0.15, 0.2) is 0 Å². The first kappa shape index (κ1) is 17.6. The molecule has 1 unspecified atom stereocenters. The van der Waals surface area contributed by atoms with Crippen LogP contribution in [0.15, 0.2) is 84.7 Å². The number of nitrogens with zero attached hydrogens (tertiary/aromatic N) is 2. The lowest BCUT2D eigenvalue weighted by Gasteiger charge is -2.25. The topological polar surface area (TPSA) is 70.5 Å². The highest BCUT2D eigenvalue weighted by atomic mass is 19.1. The largest absolute Gasteiger partial charge is 0.507 e. The Morgan fingerprint density at radius 1 is 0.929 bits per heavy atom. The zero-order chi connectivity index (χ0) is 19.7. The van der Waals surface area contributed by atoms with E-state index in [2.05, 4.69) is 4.98 Å². The highest BCUT2D eigenvalue weighted by molar-refractivity contribution is 6.51. The average Bonchev–Trinajstić information content (AvgIpc) is 3.00. The fourth-order valence-electron chi connectivity index (χ4n) is 3.31. The molecule has 4 rings (SSSR count). The Labute approximate surface area is 160 Å². The molecule has 3 aromatic rings. The van der Waals surface area contributed by atoms with Gasteiger partial charge in [0.05, 0.1) is 11.6 Å². The Bertz CT molecular complexity index is 1060. The summed E-state index contributed by atoms with van der Waals surface area (Å²) in [5.74, 6) is -2.35. The van der Waals surface area contributed by atoms with Crippen LogP contribution in [0.3, 0.4) is 0 Å². The molecular weight excluding hydrogens is 359 g/mol. The van der Waals surface area contributed by atoms with E-state index in [1.807, 2.05) is 0 Å². The SMILES string of the molecule is O=C1C(=O)N(c2ccccc2)C(c2ccncc2)/C1=C(/O)c1ccc(F)cc1. The minimum atomic E-state index is -0.824. The van der Waals surface area contributed by atoms with Crippen LogP contribution in [-0.2, 0) is 9.59 Å². The molecule has 2 aromatic carbocycles. The predicted octanol–water partition coefficient (Wildman–Crippen LogP) is 3.85. The normalized spacial score (nSPS) is 18.5. The Kier molecular flexibility index (Phi) is 4.45. The van der Waals surface area contributed by atoms with Gasteiger partial charge in [-0.15, -0.1) is 0 Å². The van der Waals surface area contributed by atoms with Gasteiger partial charge in [0.2, 0.25) is 0 Å². The molecule has 1 N–H and O–H groups in total. The van der Waals surface area contributed by atoms with E-state index >= 15 is 0 Å². The molecule has 0 aliphatic carbocycles. The Balaban J connectivity index is 1.94. The number of carbonyl (C=O) groups excluding carboxylic acids is 2. The Morgan fingerprint density at radius 3 is 2.21 bits per heavy atom. The third-order valence-corrected chi connectivity index (χ3v) is 4.62. The molecule has 1 aliphatic rings. The maximum absolute atomic E-state index is 13.3. The molecule has 2 heterocycles. The van der Waals surface area contributed by atoms with Crippen molar-refractivity contribution in [2.24, 2.45) is 0 Å². The number of aromatic nitrogens is 1. The van der Waals surface area contributed by atoms with Crippen LogP contribution >= 0.6 is 0 Å². The van der Waals surface area contributed by atoms with Crippen molar-refractivity contribution in [3.8, 4) is 0 Å². The van der Waals surface area contributed by atoms with Crippen LogP contribution in [0.4, 0.5) is 10.1 Å². The average molecular weight is 374 g/mol. The number of Topliss-reactive ketones (excluding diaryl/α,β-unsaturated/α-hetero) is 1. The van der Waals surface area contributed by atoms with Gasteiger partial charge in [-0.05, 0) is 54.1 Å². The second kappa shape index (κ2) is 7.08. The number of hydrogen-bond donors (Lipinski definition) is 1. The van der Waals surface area contributed by atoms with Gasteiger partial charge < -0.3 is 5.11 Å². The Morgan fingerprint density at radius 2 is 1.57 bits per heavy atom. The number of pyridine rings is 1. The van der Waals surface area contributed by atoms with E-state index in [4.69, 9.17) is 0 Å². The number of benzene rings is 2. The fraction of sp³-hybridized carbons (Fsp3) is 0.0455. The minimum absolute atomic E-state index is 0.0494. The summed E-state index contributed by atoms with van der Waals surface area (Å²) in [6.45, 7) is 0. The smallest absolute Gasteiger partial charge is 0.300 e. The molecule has 0 radical (unpaired) electrons. The molecule has 28 heavy (non-hydrogen) atoms. The predicted molar refractivity (Wildman–Crippen MR) is 102 cm³/mol. The van der Waals surface area contributed by atoms with Crippen molar-refractivity contribution in [3.63, 3.8) is 0 Å². The van der Waals surface area contributed by atoms with Crippen LogP contribution in [0.1, 0.15) is 17.2 Å². The molecule has 1 aromatic heterocycles. The van der Waals surface area contributed by atoms with Gasteiger partial charge >= 0.3 is 0 Å². The van der Waals surface area contributed by atoms with Crippen molar-refractivity contribution in [1.82, 2.24) is 4.98 Å². The van der Waals surface area contributed by atoms with Crippen LogP contribution in [-0.4, -0.2) is 21.8 Å². The summed E-state index contributed by atoms with van der Waals surface area (Å²) in [7, 11) is 0. The number of rotatable bonds is 3. The standard InChI is InChI=1S/C22H15FN2O3/c23-16-8-6-15(7-9-16)20(26)18-19(14-10-12-24-13-11-14)25(22(28)21(18)27)17-4-2-1-3-5-17/h1-13,19,26H/b20-18-. The number of hydrogen-bond acceptors (Lipinski definition) is 4. The zero-order valence-corrected chi connectivity index (χ0v) is 14.6. The minimum Gasteiger partial charge on any atom is -0.507 e. The van der Waals surface area contributed by atoms with Crippen molar-refractivity contribution in [1.29, 1.82) is 0 Å². The number of ketones is 1. The second-order valence-corrected chi connectivity index (χ2v) is 6.29. The van der Waals surface area contributed by atoms with E-state index < -0.39 is 23.5 Å². The highest BCUT2D eigenvalue weighted by Crippen LogP contribution is 2.41. The summed E-state index contributed by atoms with van der Waals surface area (Å²) in [6, 6.07) is 16.4. The quantitative estimate of drug-likeness (QED) is 0.430. The molecule has 1 amide bonds. The first-order chi connectivity index (χ1) is 13.6. The van der Waals surface area contributed by atoms with Crippen LogP contribution in [0.5, 0.6) is 0 Å². The first-order valence-electron chi connectivity index (χ1n) is 8.60. The zero-order valence-electron chi connectivity index (χ0n) is 14.6. The fourth-order valence-corrected chi connectivity index (χ4v) is 3.31. The molecular formula is C22H15FN2O3. The van der Waals surface area contributed by atoms with E-state index in [0.29, 0.717) is 11.3 Å². The van der Waals surface area contributed by atoms with Crippen molar-refractivity contribution < 1.29 is 19.1 Å². The van der Waals surface area contributed by atoms with E-state index in [0.717, 1.165) is 0 Å². The summed E-state index contributed by atoms with van der Waals surface area (Å²) < 4.78 is 13.3. The van der Waals surface area contributed by atoms with Crippen molar-refractivity contribution in [2.45, 2.75) is 6.04 Å². The van der Waals surface area contributed by atoms with Gasteiger partial charge in [-0.2, -0.15) is 0 Å². The Hall–Kier alpha value is -3.80. The first-order valence-corrected chi connectivity index (χ1v) is 8.60. The summed E-state index contributed by atoms with van der Waals surface area (Å²) in [5.41, 5.74) is 1.37. The maximum atomic E-state index is 13.3. The maximum Gasteiger partial charge on any atom is 0.300 e. The number of para-hydroxylation sites is 1. The van der Waals surface area contributed by atoms with E-state index in [-0.39, 0.29) is 16.9 Å². The number of amides is 1. The monoisotopic (exact) mass is 374 g/mol. The molecule has 138 valence electrons. The van der Waals surface area contributed by atoms with Gasteiger partial charge in [-0.3, -0.25) is 19.5 Å². The summed E-state index contributed by atoms with van der Waals surface area (Å²) in [5, 5.41) is 10.8. The van der Waals surface area contributed by atoms with E-state index in [1.54, 1.807) is 54.9 Å². The molecule has 0 spiro atoms. The number of halogens is 1. The highest BCUT2D eigenvalue weighted by Gasteiger charge is 2.46. The van der Waals surface area contributed by atoms with Crippen LogP contribution in [0, 0.1) is 5.82 Å². The van der Waals surface area contributed by atoms with Crippen molar-refractivity contribution >= 4 is 23.1 Å². The van der Waals surface area contributed by atoms with Gasteiger partial charge in [0.25, 0.3) is 11.7 Å². The lowest BCUT2D eigenvalue weighted by Crippen LogP contribution is -2.29.